The largest absolute Gasteiger partial charge is 0.392 e. The van der Waals surface area contributed by atoms with Crippen LogP contribution in [0.5, 0.6) is 0 Å². The summed E-state index contributed by atoms with van der Waals surface area (Å²) in [6.07, 6.45) is 7.27. The monoisotopic (exact) mass is 216 g/mol. The van der Waals surface area contributed by atoms with Crippen LogP contribution in [0.4, 0.5) is 0 Å². The molecule has 1 unspecified atom stereocenters. The number of benzene rings is 1. The van der Waals surface area contributed by atoms with E-state index < -0.39 is 0 Å². The van der Waals surface area contributed by atoms with Gasteiger partial charge in [-0.05, 0) is 37.2 Å². The predicted molar refractivity (Wildman–Crippen MR) is 65.3 cm³/mol. The molecule has 3 rings (SSSR count). The molecule has 1 N–H and O–H groups in total. The lowest BCUT2D eigenvalue weighted by Gasteiger charge is -2.35. The lowest BCUT2D eigenvalue weighted by atomic mass is 9.72. The summed E-state index contributed by atoms with van der Waals surface area (Å²) >= 11 is 0. The molecule has 0 amide bonds. The minimum Gasteiger partial charge on any atom is -0.392 e. The average Bonchev–Trinajstić information content (AvgIpc) is 3.07. The van der Waals surface area contributed by atoms with Gasteiger partial charge < -0.3 is 5.11 Å². The van der Waals surface area contributed by atoms with Crippen molar-refractivity contribution in [2.24, 2.45) is 5.92 Å². The second-order valence-electron chi connectivity index (χ2n) is 5.51. The van der Waals surface area contributed by atoms with Gasteiger partial charge in [-0.2, -0.15) is 0 Å². The van der Waals surface area contributed by atoms with Crippen LogP contribution in [0.1, 0.15) is 44.1 Å². The molecule has 0 heterocycles. The van der Waals surface area contributed by atoms with E-state index in [-0.39, 0.29) is 11.5 Å². The molecule has 2 saturated carbocycles. The molecule has 86 valence electrons. The number of rotatable bonds is 3. The summed E-state index contributed by atoms with van der Waals surface area (Å²) in [6.45, 7) is 0. The van der Waals surface area contributed by atoms with E-state index in [2.05, 4.69) is 30.3 Å². The lowest BCUT2D eigenvalue weighted by molar-refractivity contribution is 0.0626. The smallest absolute Gasteiger partial charge is 0.0664 e. The van der Waals surface area contributed by atoms with Crippen molar-refractivity contribution in [3.05, 3.63) is 35.9 Å². The van der Waals surface area contributed by atoms with E-state index in [1.54, 1.807) is 0 Å². The van der Waals surface area contributed by atoms with Gasteiger partial charge in [0.05, 0.1) is 6.10 Å². The van der Waals surface area contributed by atoms with Gasteiger partial charge >= 0.3 is 0 Å². The van der Waals surface area contributed by atoms with Gasteiger partial charge in [-0.1, -0.05) is 43.2 Å². The van der Waals surface area contributed by atoms with Crippen LogP contribution in [-0.2, 0) is 5.41 Å². The van der Waals surface area contributed by atoms with Crippen LogP contribution < -0.4 is 0 Å². The molecule has 0 radical (unpaired) electrons. The summed E-state index contributed by atoms with van der Waals surface area (Å²) in [5.74, 6) is 0.582. The van der Waals surface area contributed by atoms with E-state index in [0.29, 0.717) is 5.92 Å². The molecule has 0 spiro atoms. The maximum Gasteiger partial charge on any atom is 0.0664 e. The van der Waals surface area contributed by atoms with Gasteiger partial charge in [0.25, 0.3) is 0 Å². The highest BCUT2D eigenvalue weighted by atomic mass is 16.3. The molecule has 2 aliphatic carbocycles. The Morgan fingerprint density at radius 2 is 1.69 bits per heavy atom. The Morgan fingerprint density at radius 3 is 2.25 bits per heavy atom. The van der Waals surface area contributed by atoms with Gasteiger partial charge in [0.2, 0.25) is 0 Å². The maximum atomic E-state index is 10.6. The fraction of sp³-hybridized carbons (Fsp3) is 0.600. The van der Waals surface area contributed by atoms with Crippen molar-refractivity contribution in [3.8, 4) is 0 Å². The Morgan fingerprint density at radius 1 is 1.06 bits per heavy atom. The zero-order chi connectivity index (χ0) is 11.0. The topological polar surface area (TPSA) is 20.2 Å². The second kappa shape index (κ2) is 3.89. The minimum atomic E-state index is -0.0996. The fourth-order valence-corrected chi connectivity index (χ4v) is 3.39. The van der Waals surface area contributed by atoms with Crippen LogP contribution >= 0.6 is 0 Å². The Hall–Kier alpha value is -0.820. The van der Waals surface area contributed by atoms with Gasteiger partial charge in [-0.3, -0.25) is 0 Å². The Bertz CT molecular complexity index is 347. The first-order valence-electron chi connectivity index (χ1n) is 6.56. The molecule has 1 nitrogen and oxygen atoms in total. The maximum absolute atomic E-state index is 10.6. The lowest BCUT2D eigenvalue weighted by Crippen LogP contribution is -2.38. The molecule has 0 aliphatic heterocycles. The number of aliphatic hydroxyl groups is 1. The average molecular weight is 216 g/mol. The summed E-state index contributed by atoms with van der Waals surface area (Å²) in [5, 5.41) is 10.6. The van der Waals surface area contributed by atoms with Crippen molar-refractivity contribution in [2.45, 2.75) is 50.0 Å². The molecular formula is C15H20O. The van der Waals surface area contributed by atoms with Crippen LogP contribution in [0.2, 0.25) is 0 Å². The van der Waals surface area contributed by atoms with Gasteiger partial charge in [0.15, 0.2) is 0 Å². The summed E-state index contributed by atoms with van der Waals surface area (Å²) in [5.41, 5.74) is 1.45. The summed E-state index contributed by atoms with van der Waals surface area (Å²) in [4.78, 5) is 0. The molecule has 1 aromatic rings. The van der Waals surface area contributed by atoms with Crippen molar-refractivity contribution >= 4 is 0 Å². The molecular weight excluding hydrogens is 196 g/mol. The van der Waals surface area contributed by atoms with E-state index in [0.717, 1.165) is 0 Å². The third kappa shape index (κ3) is 1.58. The molecule has 0 aromatic heterocycles. The summed E-state index contributed by atoms with van der Waals surface area (Å²) in [7, 11) is 0. The van der Waals surface area contributed by atoms with Gasteiger partial charge in [-0.25, -0.2) is 0 Å². The van der Waals surface area contributed by atoms with E-state index in [1.165, 1.54) is 44.1 Å². The van der Waals surface area contributed by atoms with Gasteiger partial charge in [-0.15, -0.1) is 0 Å². The molecule has 2 aliphatic rings. The highest BCUT2D eigenvalue weighted by Gasteiger charge is 2.48. The molecule has 1 aromatic carbocycles. The Kier molecular flexibility index (Phi) is 2.51. The van der Waals surface area contributed by atoms with Crippen LogP contribution in [0.15, 0.2) is 30.3 Å². The second-order valence-corrected chi connectivity index (χ2v) is 5.51. The fourth-order valence-electron chi connectivity index (χ4n) is 3.39. The van der Waals surface area contributed by atoms with Crippen LogP contribution in [0.25, 0.3) is 0 Å². The number of hydrogen-bond acceptors (Lipinski definition) is 1. The highest BCUT2D eigenvalue weighted by Crippen LogP contribution is 2.50. The zero-order valence-electron chi connectivity index (χ0n) is 9.73. The van der Waals surface area contributed by atoms with Crippen molar-refractivity contribution in [1.82, 2.24) is 0 Å². The van der Waals surface area contributed by atoms with Crippen molar-refractivity contribution in [2.75, 3.05) is 0 Å². The number of hydrogen-bond donors (Lipinski definition) is 1. The normalized spacial score (nSPS) is 25.6. The highest BCUT2D eigenvalue weighted by molar-refractivity contribution is 5.29. The molecule has 1 heteroatoms. The van der Waals surface area contributed by atoms with Gasteiger partial charge in [0.1, 0.15) is 0 Å². The quantitative estimate of drug-likeness (QED) is 0.822. The molecule has 0 saturated heterocycles. The summed E-state index contributed by atoms with van der Waals surface area (Å²) in [6, 6.07) is 10.7. The van der Waals surface area contributed by atoms with Crippen molar-refractivity contribution < 1.29 is 5.11 Å². The predicted octanol–water partition coefficient (Wildman–Crippen LogP) is 3.27. The third-order valence-electron chi connectivity index (χ3n) is 4.48. The van der Waals surface area contributed by atoms with E-state index in [9.17, 15) is 5.11 Å². The third-order valence-corrected chi connectivity index (χ3v) is 4.48. The zero-order valence-corrected chi connectivity index (χ0v) is 9.73. The van der Waals surface area contributed by atoms with Crippen LogP contribution in [0, 0.1) is 5.92 Å². The SMILES string of the molecule is OC(C1CC1)C1(c2ccccc2)CCCC1. The minimum absolute atomic E-state index is 0.0857. The molecule has 16 heavy (non-hydrogen) atoms. The Balaban J connectivity index is 1.95. The van der Waals surface area contributed by atoms with Crippen LogP contribution in [-0.4, -0.2) is 11.2 Å². The number of aliphatic hydroxyl groups excluding tert-OH is 1. The van der Waals surface area contributed by atoms with Crippen molar-refractivity contribution in [1.29, 1.82) is 0 Å². The Labute approximate surface area is 97.5 Å². The van der Waals surface area contributed by atoms with E-state index >= 15 is 0 Å². The first kappa shape index (κ1) is 10.3. The molecule has 0 bridgehead atoms. The van der Waals surface area contributed by atoms with Crippen LogP contribution in [0.3, 0.4) is 0 Å². The first-order chi connectivity index (χ1) is 7.83. The van der Waals surface area contributed by atoms with E-state index in [1.807, 2.05) is 0 Å². The van der Waals surface area contributed by atoms with Crippen molar-refractivity contribution in [3.63, 3.8) is 0 Å². The summed E-state index contributed by atoms with van der Waals surface area (Å²) < 4.78 is 0. The standard InChI is InChI=1S/C15H20O/c16-14(12-8-9-12)15(10-4-5-11-15)13-6-2-1-3-7-13/h1-3,6-7,12,14,16H,4-5,8-11H2. The van der Waals surface area contributed by atoms with Gasteiger partial charge in [0, 0.05) is 5.41 Å². The first-order valence-corrected chi connectivity index (χ1v) is 6.56. The molecule has 2 fully saturated rings. The van der Waals surface area contributed by atoms with E-state index in [4.69, 9.17) is 0 Å². The molecule has 1 atom stereocenters.